The van der Waals surface area contributed by atoms with E-state index in [1.54, 1.807) is 30.3 Å². The van der Waals surface area contributed by atoms with Crippen LogP contribution in [0.5, 0.6) is 5.75 Å². The van der Waals surface area contributed by atoms with E-state index in [-0.39, 0.29) is 23.6 Å². The van der Waals surface area contributed by atoms with Gasteiger partial charge in [-0.15, -0.1) is 0 Å². The van der Waals surface area contributed by atoms with Gasteiger partial charge >= 0.3 is 0 Å². The average Bonchev–Trinajstić information content (AvgIpc) is 3.13. The number of nitro groups is 1. The van der Waals surface area contributed by atoms with Gasteiger partial charge in [0.2, 0.25) is 0 Å². The van der Waals surface area contributed by atoms with Gasteiger partial charge in [-0.25, -0.2) is 0 Å². The maximum absolute atomic E-state index is 13.2. The highest BCUT2D eigenvalue weighted by atomic mass is 16.6. The third kappa shape index (κ3) is 5.18. The average molecular weight is 482 g/mol. The fourth-order valence-electron chi connectivity index (χ4n) is 4.39. The lowest BCUT2D eigenvalue weighted by molar-refractivity contribution is -0.384. The minimum atomic E-state index is -0.966. The Kier molecular flexibility index (Phi) is 7.42. The fourth-order valence-corrected chi connectivity index (χ4v) is 4.39. The summed E-state index contributed by atoms with van der Waals surface area (Å²) >= 11 is 0. The topological polar surface area (TPSA) is 122 Å². The number of hydrogen-bond donors (Lipinski definition) is 1. The summed E-state index contributed by atoms with van der Waals surface area (Å²) in [6.45, 7) is 5.55. The van der Waals surface area contributed by atoms with Crippen molar-refractivity contribution < 1.29 is 29.1 Å². The molecule has 1 amide bonds. The molecule has 0 bridgehead atoms. The monoisotopic (exact) mass is 481 g/mol. The lowest BCUT2D eigenvalue weighted by Gasteiger charge is -2.31. The molecule has 1 atom stereocenters. The first kappa shape index (κ1) is 24.4. The summed E-state index contributed by atoms with van der Waals surface area (Å²) in [4.78, 5) is 40.7. The molecule has 0 aliphatic carbocycles. The van der Waals surface area contributed by atoms with E-state index < -0.39 is 22.7 Å². The van der Waals surface area contributed by atoms with Crippen molar-refractivity contribution in [2.24, 2.45) is 0 Å². The number of non-ortho nitro benzene ring substituents is 1. The van der Waals surface area contributed by atoms with Gasteiger partial charge in [0.25, 0.3) is 17.4 Å². The maximum atomic E-state index is 13.2. The number of ether oxygens (including phenoxy) is 2. The standard InChI is InChI=1S/C25H27N3O7/c1-2-35-20-8-4-6-18(16-20)23(29)21-22(17-5-3-7-19(15-17)28(32)33)27(25(31)24(21)30)10-9-26-11-13-34-14-12-26/h3-8,15-16,22,29H,2,9-14H2,1H3/b23-21+. The Morgan fingerprint density at radius 2 is 1.89 bits per heavy atom. The molecule has 4 rings (SSSR count). The molecule has 0 spiro atoms. The second-order valence-corrected chi connectivity index (χ2v) is 8.26. The zero-order valence-corrected chi connectivity index (χ0v) is 19.4. The van der Waals surface area contributed by atoms with Gasteiger partial charge in [-0.3, -0.25) is 24.6 Å². The van der Waals surface area contributed by atoms with Crippen molar-refractivity contribution in [3.05, 3.63) is 75.3 Å². The van der Waals surface area contributed by atoms with Gasteiger partial charge in [0.15, 0.2) is 0 Å². The van der Waals surface area contributed by atoms with E-state index in [0.29, 0.717) is 56.3 Å². The first-order valence-electron chi connectivity index (χ1n) is 11.5. The van der Waals surface area contributed by atoms with E-state index >= 15 is 0 Å². The van der Waals surface area contributed by atoms with Gasteiger partial charge in [-0.2, -0.15) is 0 Å². The number of likely N-dealkylation sites (tertiary alicyclic amines) is 1. The van der Waals surface area contributed by atoms with Crippen LogP contribution >= 0.6 is 0 Å². The number of nitrogens with zero attached hydrogens (tertiary/aromatic N) is 3. The number of nitro benzene ring substituents is 1. The minimum absolute atomic E-state index is 0.105. The Bertz CT molecular complexity index is 1160. The lowest BCUT2D eigenvalue weighted by Crippen LogP contribution is -2.42. The van der Waals surface area contributed by atoms with Crippen molar-refractivity contribution >= 4 is 23.1 Å². The largest absolute Gasteiger partial charge is 0.507 e. The van der Waals surface area contributed by atoms with Crippen LogP contribution in [0.25, 0.3) is 5.76 Å². The molecule has 2 saturated heterocycles. The van der Waals surface area contributed by atoms with Crippen LogP contribution in [0.3, 0.4) is 0 Å². The molecule has 10 nitrogen and oxygen atoms in total. The predicted octanol–water partition coefficient (Wildman–Crippen LogP) is 2.75. The molecule has 2 aromatic rings. The second-order valence-electron chi connectivity index (χ2n) is 8.26. The van der Waals surface area contributed by atoms with Crippen molar-refractivity contribution in [3.63, 3.8) is 0 Å². The van der Waals surface area contributed by atoms with Crippen LogP contribution in [0.4, 0.5) is 5.69 Å². The van der Waals surface area contributed by atoms with Gasteiger partial charge in [-0.1, -0.05) is 24.3 Å². The fraction of sp³-hybridized carbons (Fsp3) is 0.360. The van der Waals surface area contributed by atoms with E-state index in [0.717, 1.165) is 0 Å². The number of amides is 1. The number of Topliss-reactive ketones (excluding diaryl/α,β-unsaturated/α-hetero) is 1. The highest BCUT2D eigenvalue weighted by Gasteiger charge is 2.46. The number of hydrogen-bond acceptors (Lipinski definition) is 8. The van der Waals surface area contributed by atoms with Gasteiger partial charge in [0.1, 0.15) is 11.5 Å². The molecule has 1 unspecified atom stereocenters. The quantitative estimate of drug-likeness (QED) is 0.201. The highest BCUT2D eigenvalue weighted by molar-refractivity contribution is 6.46. The molecular formula is C25H27N3O7. The molecule has 2 aromatic carbocycles. The first-order valence-corrected chi connectivity index (χ1v) is 11.5. The number of ketones is 1. The van der Waals surface area contributed by atoms with Crippen LogP contribution in [0.15, 0.2) is 54.1 Å². The van der Waals surface area contributed by atoms with Gasteiger partial charge in [0.05, 0.1) is 36.4 Å². The second kappa shape index (κ2) is 10.7. The Morgan fingerprint density at radius 3 is 2.60 bits per heavy atom. The van der Waals surface area contributed by atoms with Gasteiger partial charge < -0.3 is 19.5 Å². The van der Waals surface area contributed by atoms with Crippen molar-refractivity contribution in [2.75, 3.05) is 46.0 Å². The van der Waals surface area contributed by atoms with Crippen LogP contribution < -0.4 is 4.74 Å². The molecule has 2 fully saturated rings. The van der Waals surface area contributed by atoms with Crippen molar-refractivity contribution in [2.45, 2.75) is 13.0 Å². The molecule has 2 aliphatic heterocycles. The summed E-state index contributed by atoms with van der Waals surface area (Å²) in [6.07, 6.45) is 0. The molecule has 10 heteroatoms. The third-order valence-corrected chi connectivity index (χ3v) is 6.12. The Labute approximate surface area is 202 Å². The zero-order valence-electron chi connectivity index (χ0n) is 19.4. The van der Waals surface area contributed by atoms with E-state index in [4.69, 9.17) is 9.47 Å². The molecule has 0 radical (unpaired) electrons. The number of aliphatic hydroxyl groups is 1. The predicted molar refractivity (Wildman–Crippen MR) is 127 cm³/mol. The van der Waals surface area contributed by atoms with E-state index in [2.05, 4.69) is 4.90 Å². The van der Waals surface area contributed by atoms with Crippen LogP contribution in [-0.4, -0.2) is 77.5 Å². The van der Waals surface area contributed by atoms with Gasteiger partial charge in [0, 0.05) is 43.9 Å². The molecule has 0 aromatic heterocycles. The van der Waals surface area contributed by atoms with E-state index in [1.807, 2.05) is 6.92 Å². The molecule has 184 valence electrons. The first-order chi connectivity index (χ1) is 16.9. The summed E-state index contributed by atoms with van der Waals surface area (Å²) in [5.74, 6) is -1.43. The summed E-state index contributed by atoms with van der Waals surface area (Å²) in [6, 6.07) is 11.4. The number of morpholine rings is 1. The third-order valence-electron chi connectivity index (χ3n) is 6.12. The smallest absolute Gasteiger partial charge is 0.295 e. The molecule has 0 saturated carbocycles. The summed E-state index contributed by atoms with van der Waals surface area (Å²) < 4.78 is 10.9. The maximum Gasteiger partial charge on any atom is 0.295 e. The summed E-state index contributed by atoms with van der Waals surface area (Å²) in [5.41, 5.74) is 0.422. The number of benzene rings is 2. The van der Waals surface area contributed by atoms with E-state index in [1.165, 1.54) is 23.1 Å². The Morgan fingerprint density at radius 1 is 1.14 bits per heavy atom. The van der Waals surface area contributed by atoms with Crippen LogP contribution in [-0.2, 0) is 14.3 Å². The van der Waals surface area contributed by atoms with Gasteiger partial charge in [-0.05, 0) is 24.6 Å². The van der Waals surface area contributed by atoms with Crippen LogP contribution in [0.2, 0.25) is 0 Å². The van der Waals surface area contributed by atoms with E-state index in [9.17, 15) is 24.8 Å². The SMILES string of the molecule is CCOc1cccc(/C(O)=C2\C(=O)C(=O)N(CCN3CCOCC3)C2c2cccc([N+](=O)[O-])c2)c1. The lowest BCUT2D eigenvalue weighted by atomic mass is 9.95. The number of carbonyl (C=O) groups excluding carboxylic acids is 2. The number of aliphatic hydroxyl groups excluding tert-OH is 1. The Hall–Kier alpha value is -3.76. The van der Waals surface area contributed by atoms with Crippen molar-refractivity contribution in [3.8, 4) is 5.75 Å². The van der Waals surface area contributed by atoms with Crippen LogP contribution in [0.1, 0.15) is 24.1 Å². The summed E-state index contributed by atoms with van der Waals surface area (Å²) in [7, 11) is 0. The van der Waals surface area contributed by atoms with Crippen molar-refractivity contribution in [1.82, 2.24) is 9.80 Å². The van der Waals surface area contributed by atoms with Crippen molar-refractivity contribution in [1.29, 1.82) is 0 Å². The normalized spacial score (nSPS) is 20.3. The highest BCUT2D eigenvalue weighted by Crippen LogP contribution is 2.40. The summed E-state index contributed by atoms with van der Waals surface area (Å²) in [5, 5.41) is 22.6. The number of rotatable bonds is 8. The molecule has 2 aliphatic rings. The number of carbonyl (C=O) groups is 2. The molecule has 1 N–H and O–H groups in total. The Balaban J connectivity index is 1.77. The zero-order chi connectivity index (χ0) is 24.9. The molecule has 35 heavy (non-hydrogen) atoms. The van der Waals surface area contributed by atoms with Crippen LogP contribution in [0, 0.1) is 10.1 Å². The minimum Gasteiger partial charge on any atom is -0.507 e. The molecule has 2 heterocycles. The molecular weight excluding hydrogens is 454 g/mol.